The van der Waals surface area contributed by atoms with Gasteiger partial charge in [0.1, 0.15) is 11.4 Å². The highest BCUT2D eigenvalue weighted by Crippen LogP contribution is 2.32. The van der Waals surface area contributed by atoms with E-state index in [4.69, 9.17) is 9.40 Å². The van der Waals surface area contributed by atoms with Gasteiger partial charge in [0.15, 0.2) is 0 Å². The second-order valence-corrected chi connectivity index (χ2v) is 7.76. The summed E-state index contributed by atoms with van der Waals surface area (Å²) >= 11 is 0. The Morgan fingerprint density at radius 2 is 1.68 bits per heavy atom. The summed E-state index contributed by atoms with van der Waals surface area (Å²) in [6.45, 7) is 2.03. The molecule has 0 fully saturated rings. The van der Waals surface area contributed by atoms with Gasteiger partial charge in [-0.3, -0.25) is 0 Å². The smallest absolute Gasteiger partial charge is 0.227 e. The minimum Gasteiger partial charge on any atom is -0.438 e. The lowest BCUT2D eigenvalue weighted by Gasteiger charge is -2.10. The van der Waals surface area contributed by atoms with Gasteiger partial charge in [0.05, 0.1) is 22.1 Å². The maximum atomic E-state index is 5.89. The number of benzene rings is 3. The van der Waals surface area contributed by atoms with Crippen molar-refractivity contribution >= 4 is 44.1 Å². The van der Waals surface area contributed by atoms with E-state index in [9.17, 15) is 0 Å². The van der Waals surface area contributed by atoms with Gasteiger partial charge in [-0.25, -0.2) is 9.97 Å². The third-order valence-corrected chi connectivity index (χ3v) is 5.88. The fraction of sp³-hybridized carbons (Fsp3) is 0.0769. The van der Waals surface area contributed by atoms with Crippen LogP contribution in [0.1, 0.15) is 5.82 Å². The van der Waals surface area contributed by atoms with E-state index >= 15 is 0 Å². The molecule has 31 heavy (non-hydrogen) atoms. The fourth-order valence-electron chi connectivity index (χ4n) is 4.14. The fourth-order valence-corrected chi connectivity index (χ4v) is 4.14. The maximum Gasteiger partial charge on any atom is 0.227 e. The molecule has 0 aliphatic heterocycles. The Morgan fingerprint density at radius 3 is 2.61 bits per heavy atom. The number of para-hydroxylation sites is 2. The van der Waals surface area contributed by atoms with Crippen LogP contribution in [0.2, 0.25) is 0 Å². The first-order chi connectivity index (χ1) is 15.2. The molecule has 3 aromatic carbocycles. The van der Waals surface area contributed by atoms with Gasteiger partial charge in [0.25, 0.3) is 0 Å². The van der Waals surface area contributed by atoms with Gasteiger partial charge in [-0.15, -0.1) is 0 Å². The molecule has 150 valence electrons. The summed E-state index contributed by atoms with van der Waals surface area (Å²) in [6, 6.07) is 24.9. The minimum atomic E-state index is 0.669. The Morgan fingerprint density at radius 1 is 0.839 bits per heavy atom. The topological polar surface area (TPSA) is 59.6 Å². The Labute approximate surface area is 178 Å². The summed E-state index contributed by atoms with van der Waals surface area (Å²) in [5.41, 5.74) is 7.83. The van der Waals surface area contributed by atoms with Crippen LogP contribution in [-0.2, 0) is 7.05 Å². The van der Waals surface area contributed by atoms with Crippen LogP contribution in [0, 0.1) is 6.92 Å². The van der Waals surface area contributed by atoms with Gasteiger partial charge in [-0.1, -0.05) is 24.3 Å². The SMILES string of the molecule is Cc1nc2ccccc2[nH]c2cc(-c3ccc4oc5ncccc5c4c3)ccc2n1C. The third-order valence-electron chi connectivity index (χ3n) is 5.88. The number of aromatic nitrogens is 4. The molecule has 3 heterocycles. The van der Waals surface area contributed by atoms with Gasteiger partial charge >= 0.3 is 0 Å². The van der Waals surface area contributed by atoms with E-state index in [-0.39, 0.29) is 0 Å². The van der Waals surface area contributed by atoms with Gasteiger partial charge in [0.2, 0.25) is 5.71 Å². The summed E-state index contributed by atoms with van der Waals surface area (Å²) in [4.78, 5) is 12.7. The molecule has 0 aliphatic rings. The van der Waals surface area contributed by atoms with E-state index in [0.717, 1.165) is 55.4 Å². The average Bonchev–Trinajstić information content (AvgIpc) is 3.17. The van der Waals surface area contributed by atoms with Crippen LogP contribution < -0.4 is 0 Å². The molecular formula is C26H20N4O. The second kappa shape index (κ2) is 6.71. The summed E-state index contributed by atoms with van der Waals surface area (Å²) in [7, 11) is 2.05. The van der Waals surface area contributed by atoms with Crippen LogP contribution in [0.3, 0.4) is 0 Å². The van der Waals surface area contributed by atoms with Crippen LogP contribution in [0.15, 0.2) is 83.4 Å². The van der Waals surface area contributed by atoms with Crippen molar-refractivity contribution in [3.05, 3.63) is 84.8 Å². The van der Waals surface area contributed by atoms with Gasteiger partial charge in [-0.05, 0) is 66.6 Å². The van der Waals surface area contributed by atoms with E-state index in [1.165, 1.54) is 0 Å². The standard InChI is InChI=1S/C26H20N4O/c1-16-28-21-7-3-4-8-22(21)29-23-15-18(9-11-24(23)30(16)2)17-10-12-25-20(14-17)19-6-5-13-27-26(19)31-25/h3-15,29H,1-2H3. The van der Waals surface area contributed by atoms with Crippen molar-refractivity contribution in [3.63, 3.8) is 0 Å². The Kier molecular flexibility index (Phi) is 3.83. The molecule has 0 spiro atoms. The number of rotatable bonds is 1. The lowest BCUT2D eigenvalue weighted by atomic mass is 10.0. The van der Waals surface area contributed by atoms with Gasteiger partial charge in [-0.2, -0.15) is 0 Å². The number of furan rings is 1. The normalized spacial score (nSPS) is 11.5. The zero-order chi connectivity index (χ0) is 20.9. The number of nitrogens with one attached hydrogen (secondary N) is 1. The third kappa shape index (κ3) is 2.86. The van der Waals surface area contributed by atoms with E-state index in [1.807, 2.05) is 50.4 Å². The molecule has 0 unspecified atom stereocenters. The van der Waals surface area contributed by atoms with E-state index in [0.29, 0.717) is 5.71 Å². The molecule has 1 N–H and O–H groups in total. The van der Waals surface area contributed by atoms with Crippen molar-refractivity contribution in [2.75, 3.05) is 0 Å². The van der Waals surface area contributed by atoms with Crippen molar-refractivity contribution in [2.45, 2.75) is 6.92 Å². The highest BCUT2D eigenvalue weighted by molar-refractivity contribution is 6.05. The number of aromatic amines is 1. The summed E-state index contributed by atoms with van der Waals surface area (Å²) in [5, 5.41) is 2.11. The highest BCUT2D eigenvalue weighted by atomic mass is 16.3. The first-order valence-electron chi connectivity index (χ1n) is 10.2. The second-order valence-electron chi connectivity index (χ2n) is 7.76. The van der Waals surface area contributed by atoms with Crippen LogP contribution in [0.4, 0.5) is 0 Å². The number of hydrogen-bond acceptors (Lipinski definition) is 3. The van der Waals surface area contributed by atoms with Crippen LogP contribution in [-0.4, -0.2) is 19.5 Å². The van der Waals surface area contributed by atoms with Crippen molar-refractivity contribution in [3.8, 4) is 11.1 Å². The Hall–Kier alpha value is -4.12. The molecule has 0 atom stereocenters. The molecule has 5 heteroatoms. The zero-order valence-corrected chi connectivity index (χ0v) is 17.3. The largest absolute Gasteiger partial charge is 0.438 e. The predicted octanol–water partition coefficient (Wildman–Crippen LogP) is 6.45. The number of fused-ring (bicyclic) bond motifs is 5. The molecule has 6 rings (SSSR count). The molecule has 0 amide bonds. The number of hydrogen-bond donors (Lipinski definition) is 1. The van der Waals surface area contributed by atoms with E-state index in [2.05, 4.69) is 50.9 Å². The van der Waals surface area contributed by atoms with Crippen molar-refractivity contribution in [2.24, 2.45) is 7.05 Å². The number of pyridine rings is 1. The number of H-pyrrole nitrogens is 1. The van der Waals surface area contributed by atoms with Gasteiger partial charge < -0.3 is 14.0 Å². The highest BCUT2D eigenvalue weighted by Gasteiger charge is 2.10. The Balaban J connectivity index is 1.63. The van der Waals surface area contributed by atoms with Crippen LogP contribution >= 0.6 is 0 Å². The molecule has 3 aromatic heterocycles. The quantitative estimate of drug-likeness (QED) is 0.343. The van der Waals surface area contributed by atoms with Gasteiger partial charge in [0, 0.05) is 24.0 Å². The lowest BCUT2D eigenvalue weighted by Crippen LogP contribution is -2.00. The molecule has 0 radical (unpaired) electrons. The summed E-state index contributed by atoms with van der Waals surface area (Å²) in [6.07, 6.45) is 1.76. The molecule has 6 aromatic rings. The predicted molar refractivity (Wildman–Crippen MR) is 125 cm³/mol. The van der Waals surface area contributed by atoms with E-state index in [1.54, 1.807) is 6.20 Å². The monoisotopic (exact) mass is 404 g/mol. The number of nitrogens with zero attached hydrogens (tertiary/aromatic N) is 3. The van der Waals surface area contributed by atoms with Crippen molar-refractivity contribution in [1.82, 2.24) is 19.5 Å². The minimum absolute atomic E-state index is 0.669. The lowest BCUT2D eigenvalue weighted by molar-refractivity contribution is 0.654. The van der Waals surface area contributed by atoms with Crippen LogP contribution in [0.5, 0.6) is 0 Å². The molecule has 0 aliphatic carbocycles. The summed E-state index contributed by atoms with van der Waals surface area (Å²) in [5.74, 6) is 0.946. The summed E-state index contributed by atoms with van der Waals surface area (Å²) < 4.78 is 8.00. The molecule has 0 saturated heterocycles. The number of aryl methyl sites for hydroxylation is 2. The molecule has 5 nitrogen and oxygen atoms in total. The molecular weight excluding hydrogens is 384 g/mol. The Bertz CT molecular complexity index is 1670. The first-order valence-corrected chi connectivity index (χ1v) is 10.2. The molecule has 0 bridgehead atoms. The average molecular weight is 404 g/mol. The van der Waals surface area contributed by atoms with Crippen molar-refractivity contribution in [1.29, 1.82) is 0 Å². The first kappa shape index (κ1) is 17.7. The zero-order valence-electron chi connectivity index (χ0n) is 17.3. The van der Waals surface area contributed by atoms with Crippen molar-refractivity contribution < 1.29 is 4.42 Å². The van der Waals surface area contributed by atoms with Crippen LogP contribution in [0.25, 0.3) is 55.3 Å². The maximum absolute atomic E-state index is 5.89. The van der Waals surface area contributed by atoms with E-state index < -0.39 is 0 Å². The molecule has 0 saturated carbocycles.